The molecule has 0 saturated carbocycles. The summed E-state index contributed by atoms with van der Waals surface area (Å²) in [4.78, 5) is 11.6. The van der Waals surface area contributed by atoms with Crippen molar-refractivity contribution in [2.24, 2.45) is 0 Å². The van der Waals surface area contributed by atoms with Crippen LogP contribution in [-0.2, 0) is 22.4 Å². The first-order valence-electron chi connectivity index (χ1n) is 6.18. The van der Waals surface area contributed by atoms with Crippen molar-refractivity contribution < 1.29 is 23.0 Å². The molecule has 1 rings (SSSR count). The van der Waals surface area contributed by atoms with Crippen LogP contribution in [0.15, 0.2) is 12.1 Å². The van der Waals surface area contributed by atoms with E-state index in [1.807, 2.05) is 6.07 Å². The fraction of sp³-hybridized carbons (Fsp3) is 0.429. The van der Waals surface area contributed by atoms with Crippen LogP contribution in [0.2, 0.25) is 0 Å². The van der Waals surface area contributed by atoms with Crippen molar-refractivity contribution in [3.8, 4) is 11.8 Å². The van der Waals surface area contributed by atoms with E-state index in [0.717, 1.165) is 0 Å². The molecular weight excluding hydrogens is 268 g/mol. The minimum absolute atomic E-state index is 0.0936. The van der Waals surface area contributed by atoms with Crippen LogP contribution in [0.3, 0.4) is 0 Å². The zero-order valence-corrected chi connectivity index (χ0v) is 11.3. The molecule has 0 bridgehead atoms. The molecule has 0 N–H and O–H groups in total. The summed E-state index contributed by atoms with van der Waals surface area (Å²) in [6.45, 7) is 0.634. The van der Waals surface area contributed by atoms with E-state index in [1.54, 1.807) is 13.8 Å². The maximum atomic E-state index is 12.4. The Labute approximate surface area is 115 Å². The number of esters is 1. The molecule has 0 aliphatic carbocycles. The zero-order valence-electron chi connectivity index (χ0n) is 11.3. The fourth-order valence-corrected chi connectivity index (χ4v) is 1.94. The van der Waals surface area contributed by atoms with E-state index < -0.39 is 12.6 Å². The van der Waals surface area contributed by atoms with E-state index in [0.29, 0.717) is 17.5 Å². The van der Waals surface area contributed by atoms with Gasteiger partial charge in [-0.3, -0.25) is 4.79 Å². The molecule has 0 unspecified atom stereocenters. The Bertz CT molecular complexity index is 524. The molecule has 0 spiro atoms. The molecule has 0 fully saturated rings. The van der Waals surface area contributed by atoms with Gasteiger partial charge in [0, 0.05) is 5.56 Å². The number of nitrogens with zero attached hydrogens (tertiary/aromatic N) is 1. The average molecular weight is 283 g/mol. The van der Waals surface area contributed by atoms with E-state index in [4.69, 9.17) is 10.00 Å². The summed E-state index contributed by atoms with van der Waals surface area (Å²) >= 11 is 0. The number of benzene rings is 1. The largest absolute Gasteiger partial charge is 0.466 e. The normalized spacial score (nSPS) is 10.2. The molecule has 0 atom stereocenters. The van der Waals surface area contributed by atoms with Crippen LogP contribution < -0.4 is 4.74 Å². The van der Waals surface area contributed by atoms with E-state index in [-0.39, 0.29) is 24.3 Å². The van der Waals surface area contributed by atoms with Gasteiger partial charge in [0.25, 0.3) is 0 Å². The van der Waals surface area contributed by atoms with Crippen LogP contribution in [0.4, 0.5) is 8.78 Å². The summed E-state index contributed by atoms with van der Waals surface area (Å²) in [6.07, 6.45) is 0.229. The molecule has 0 amide bonds. The summed E-state index contributed by atoms with van der Waals surface area (Å²) in [5.41, 5.74) is 1.15. The molecule has 0 radical (unpaired) electrons. The van der Waals surface area contributed by atoms with Crippen LogP contribution in [0, 0.1) is 11.3 Å². The Hall–Kier alpha value is -2.16. The highest BCUT2D eigenvalue weighted by Gasteiger charge is 2.19. The van der Waals surface area contributed by atoms with Crippen LogP contribution in [0.25, 0.3) is 0 Å². The first-order valence-corrected chi connectivity index (χ1v) is 6.18. The van der Waals surface area contributed by atoms with Gasteiger partial charge in [0.2, 0.25) is 0 Å². The summed E-state index contributed by atoms with van der Waals surface area (Å²) < 4.78 is 34.0. The van der Waals surface area contributed by atoms with Gasteiger partial charge in [-0.15, -0.1) is 0 Å². The number of ether oxygens (including phenoxy) is 2. The number of halogens is 2. The van der Waals surface area contributed by atoms with Crippen LogP contribution >= 0.6 is 0 Å². The summed E-state index contributed by atoms with van der Waals surface area (Å²) in [5, 5.41) is 9.03. The van der Waals surface area contributed by atoms with Gasteiger partial charge in [-0.05, 0) is 31.0 Å². The maximum absolute atomic E-state index is 12.4. The third kappa shape index (κ3) is 3.92. The van der Waals surface area contributed by atoms with Gasteiger partial charge in [-0.1, -0.05) is 6.92 Å². The Morgan fingerprint density at radius 1 is 1.35 bits per heavy atom. The average Bonchev–Trinajstić information content (AvgIpc) is 2.40. The van der Waals surface area contributed by atoms with Crippen molar-refractivity contribution in [3.63, 3.8) is 0 Å². The highest BCUT2D eigenvalue weighted by atomic mass is 19.3. The maximum Gasteiger partial charge on any atom is 0.387 e. The van der Waals surface area contributed by atoms with E-state index in [1.165, 1.54) is 12.1 Å². The number of rotatable bonds is 6. The standard InChI is InChI=1S/C14H15F2NO3/c1-3-10-9(8-17)5-6-12(20-14(15)16)11(10)7-13(18)19-4-2/h5-6,14H,3-4,7H2,1-2H3. The van der Waals surface area contributed by atoms with Gasteiger partial charge < -0.3 is 9.47 Å². The number of carbonyl (C=O) groups excluding carboxylic acids is 1. The summed E-state index contributed by atoms with van der Waals surface area (Å²) in [7, 11) is 0. The Kier molecular flexibility index (Phi) is 5.91. The number of hydrogen-bond acceptors (Lipinski definition) is 4. The van der Waals surface area contributed by atoms with Gasteiger partial charge in [-0.2, -0.15) is 14.0 Å². The van der Waals surface area contributed by atoms with Gasteiger partial charge in [0.15, 0.2) is 0 Å². The minimum Gasteiger partial charge on any atom is -0.466 e. The Balaban J connectivity index is 3.25. The lowest BCUT2D eigenvalue weighted by molar-refractivity contribution is -0.142. The third-order valence-corrected chi connectivity index (χ3v) is 2.70. The predicted molar refractivity (Wildman–Crippen MR) is 67.5 cm³/mol. The second-order valence-electron chi connectivity index (χ2n) is 3.89. The number of alkyl halides is 2. The summed E-state index contributed by atoms with van der Waals surface area (Å²) in [6, 6.07) is 4.66. The second kappa shape index (κ2) is 7.43. The molecule has 4 nitrogen and oxygen atoms in total. The zero-order chi connectivity index (χ0) is 15.1. The SMILES string of the molecule is CCOC(=O)Cc1c(OC(F)F)ccc(C#N)c1CC. The molecule has 0 aliphatic heterocycles. The van der Waals surface area contributed by atoms with E-state index in [9.17, 15) is 13.6 Å². The van der Waals surface area contributed by atoms with Crippen LogP contribution in [0.5, 0.6) is 5.75 Å². The predicted octanol–water partition coefficient (Wildman–Crippen LogP) is 2.83. The lowest BCUT2D eigenvalue weighted by Gasteiger charge is -2.15. The monoisotopic (exact) mass is 283 g/mol. The van der Waals surface area contributed by atoms with Crippen LogP contribution in [0.1, 0.15) is 30.5 Å². The van der Waals surface area contributed by atoms with Crippen molar-refractivity contribution >= 4 is 5.97 Å². The summed E-state index contributed by atoms with van der Waals surface area (Å²) in [5.74, 6) is -0.639. The number of carbonyl (C=O) groups is 1. The molecule has 0 heterocycles. The fourth-order valence-electron chi connectivity index (χ4n) is 1.94. The molecule has 6 heteroatoms. The van der Waals surface area contributed by atoms with Gasteiger partial charge in [0.05, 0.1) is 24.7 Å². The van der Waals surface area contributed by atoms with Crippen molar-refractivity contribution in [2.45, 2.75) is 33.3 Å². The third-order valence-electron chi connectivity index (χ3n) is 2.70. The highest BCUT2D eigenvalue weighted by molar-refractivity contribution is 5.75. The molecule has 108 valence electrons. The lowest BCUT2D eigenvalue weighted by Crippen LogP contribution is -2.13. The van der Waals surface area contributed by atoms with Crippen molar-refractivity contribution in [1.29, 1.82) is 5.26 Å². The Morgan fingerprint density at radius 2 is 2.05 bits per heavy atom. The lowest BCUT2D eigenvalue weighted by atomic mass is 9.96. The quantitative estimate of drug-likeness (QED) is 0.753. The molecular formula is C14H15F2NO3. The van der Waals surface area contributed by atoms with Crippen molar-refractivity contribution in [1.82, 2.24) is 0 Å². The number of nitriles is 1. The molecule has 0 aliphatic rings. The first kappa shape index (κ1) is 15.9. The molecule has 1 aromatic carbocycles. The Morgan fingerprint density at radius 3 is 2.55 bits per heavy atom. The molecule has 20 heavy (non-hydrogen) atoms. The smallest absolute Gasteiger partial charge is 0.387 e. The van der Waals surface area contributed by atoms with Crippen LogP contribution in [-0.4, -0.2) is 19.2 Å². The second-order valence-corrected chi connectivity index (χ2v) is 3.89. The topological polar surface area (TPSA) is 59.3 Å². The van der Waals surface area contributed by atoms with E-state index >= 15 is 0 Å². The number of hydrogen-bond donors (Lipinski definition) is 0. The minimum atomic E-state index is -2.99. The molecule has 0 aromatic heterocycles. The van der Waals surface area contributed by atoms with Gasteiger partial charge in [0.1, 0.15) is 5.75 Å². The van der Waals surface area contributed by atoms with Gasteiger partial charge in [-0.25, -0.2) is 0 Å². The highest BCUT2D eigenvalue weighted by Crippen LogP contribution is 2.28. The van der Waals surface area contributed by atoms with Gasteiger partial charge >= 0.3 is 12.6 Å². The van der Waals surface area contributed by atoms with E-state index in [2.05, 4.69) is 4.74 Å². The molecule has 0 saturated heterocycles. The van der Waals surface area contributed by atoms with Crippen molar-refractivity contribution in [2.75, 3.05) is 6.61 Å². The first-order chi connectivity index (χ1) is 9.53. The van der Waals surface area contributed by atoms with Crippen molar-refractivity contribution in [3.05, 3.63) is 28.8 Å². The molecule has 1 aromatic rings.